The fourth-order valence-electron chi connectivity index (χ4n) is 1.32. The van der Waals surface area contributed by atoms with E-state index in [9.17, 15) is 4.79 Å². The monoisotopic (exact) mass is 242 g/mol. The van der Waals surface area contributed by atoms with E-state index in [2.05, 4.69) is 16.7 Å². The Bertz CT molecular complexity index is 314. The maximum Gasteiger partial charge on any atom is 0.315 e. The Balaban J connectivity index is 2.28. The smallest absolute Gasteiger partial charge is 0.315 e. The Labute approximate surface area is 99.7 Å². The first kappa shape index (κ1) is 13.0. The van der Waals surface area contributed by atoms with Crippen molar-refractivity contribution >= 4 is 17.4 Å². The number of urea groups is 1. The fraction of sp³-hybridized carbons (Fsp3) is 0.545. The van der Waals surface area contributed by atoms with Crippen LogP contribution in [0.1, 0.15) is 18.7 Å². The van der Waals surface area contributed by atoms with E-state index in [1.165, 1.54) is 4.88 Å². The zero-order valence-electron chi connectivity index (χ0n) is 9.56. The lowest BCUT2D eigenvalue weighted by Crippen LogP contribution is -2.46. The first-order valence-corrected chi connectivity index (χ1v) is 6.20. The molecule has 0 spiro atoms. The summed E-state index contributed by atoms with van der Waals surface area (Å²) in [6, 6.07) is 3.70. The highest BCUT2D eigenvalue weighted by Crippen LogP contribution is 2.10. The molecule has 2 atom stereocenters. The minimum absolute atomic E-state index is 0.0489. The molecule has 1 aromatic rings. The molecule has 0 saturated carbocycles. The molecule has 0 radical (unpaired) electrons. The highest BCUT2D eigenvalue weighted by Gasteiger charge is 2.10. The molecule has 0 aliphatic carbocycles. The van der Waals surface area contributed by atoms with Gasteiger partial charge in [-0.25, -0.2) is 4.79 Å². The summed E-state index contributed by atoms with van der Waals surface area (Å²) < 4.78 is 0. The van der Waals surface area contributed by atoms with Gasteiger partial charge in [-0.15, -0.1) is 11.3 Å². The molecule has 16 heavy (non-hydrogen) atoms. The van der Waals surface area contributed by atoms with Gasteiger partial charge in [0.15, 0.2) is 0 Å². The second-order valence-electron chi connectivity index (χ2n) is 3.89. The number of nitrogens with one attached hydrogen (secondary N) is 2. The summed E-state index contributed by atoms with van der Waals surface area (Å²) in [5.41, 5.74) is 0. The molecule has 5 heteroatoms. The predicted molar refractivity (Wildman–Crippen MR) is 65.7 cm³/mol. The van der Waals surface area contributed by atoms with Crippen LogP contribution < -0.4 is 10.6 Å². The van der Waals surface area contributed by atoms with E-state index < -0.39 is 0 Å². The third kappa shape index (κ3) is 4.63. The van der Waals surface area contributed by atoms with Crippen molar-refractivity contribution in [3.8, 4) is 0 Å². The number of amides is 2. The number of aliphatic hydroxyl groups excluding tert-OH is 1. The zero-order valence-corrected chi connectivity index (χ0v) is 10.4. The lowest BCUT2D eigenvalue weighted by atomic mass is 10.2. The quantitative estimate of drug-likeness (QED) is 0.730. The van der Waals surface area contributed by atoms with Crippen LogP contribution in [0.4, 0.5) is 4.79 Å². The number of thiophene rings is 1. The third-order valence-electron chi connectivity index (χ3n) is 2.12. The average molecular weight is 242 g/mol. The second-order valence-corrected chi connectivity index (χ2v) is 4.92. The van der Waals surface area contributed by atoms with Crippen molar-refractivity contribution in [1.82, 2.24) is 10.6 Å². The van der Waals surface area contributed by atoms with Gasteiger partial charge in [0.25, 0.3) is 0 Å². The number of hydrogen-bond acceptors (Lipinski definition) is 3. The molecule has 0 fully saturated rings. The van der Waals surface area contributed by atoms with Gasteiger partial charge in [-0.1, -0.05) is 6.07 Å². The van der Waals surface area contributed by atoms with Crippen LogP contribution in [-0.2, 0) is 6.42 Å². The Morgan fingerprint density at radius 3 is 2.69 bits per heavy atom. The van der Waals surface area contributed by atoms with E-state index in [-0.39, 0.29) is 24.7 Å². The second kappa shape index (κ2) is 6.50. The lowest BCUT2D eigenvalue weighted by Gasteiger charge is -2.16. The standard InChI is InChI=1S/C11H18N2O2S/c1-8(6-10-4-3-5-16-10)12-11(15)13-9(2)7-14/h3-5,8-9,14H,6-7H2,1-2H3,(H2,12,13,15). The molecular formula is C11H18N2O2S. The van der Waals surface area contributed by atoms with Crippen molar-refractivity contribution in [1.29, 1.82) is 0 Å². The van der Waals surface area contributed by atoms with Crippen molar-refractivity contribution in [3.63, 3.8) is 0 Å². The van der Waals surface area contributed by atoms with E-state index >= 15 is 0 Å². The third-order valence-corrected chi connectivity index (χ3v) is 3.02. The summed E-state index contributed by atoms with van der Waals surface area (Å²) in [5.74, 6) is 0. The molecule has 0 bridgehead atoms. The van der Waals surface area contributed by atoms with E-state index in [4.69, 9.17) is 5.11 Å². The Morgan fingerprint density at radius 2 is 2.12 bits per heavy atom. The molecule has 2 amide bonds. The average Bonchev–Trinajstić information content (AvgIpc) is 2.69. The van der Waals surface area contributed by atoms with Crippen LogP contribution in [0.3, 0.4) is 0 Å². The van der Waals surface area contributed by atoms with Gasteiger partial charge < -0.3 is 15.7 Å². The van der Waals surface area contributed by atoms with E-state index in [0.717, 1.165) is 6.42 Å². The minimum atomic E-state index is -0.231. The highest BCUT2D eigenvalue weighted by molar-refractivity contribution is 7.09. The van der Waals surface area contributed by atoms with Crippen LogP contribution in [-0.4, -0.2) is 29.8 Å². The Morgan fingerprint density at radius 1 is 1.44 bits per heavy atom. The summed E-state index contributed by atoms with van der Waals surface area (Å²) in [4.78, 5) is 12.7. The van der Waals surface area contributed by atoms with Crippen molar-refractivity contribution in [2.24, 2.45) is 0 Å². The topological polar surface area (TPSA) is 61.4 Å². The van der Waals surface area contributed by atoms with Crippen LogP contribution in [0.2, 0.25) is 0 Å². The highest BCUT2D eigenvalue weighted by atomic mass is 32.1. The summed E-state index contributed by atoms with van der Waals surface area (Å²) in [6.45, 7) is 3.67. The summed E-state index contributed by atoms with van der Waals surface area (Å²) in [6.07, 6.45) is 0.832. The van der Waals surface area contributed by atoms with Crippen molar-refractivity contribution in [2.45, 2.75) is 32.4 Å². The molecule has 1 aromatic heterocycles. The molecule has 3 N–H and O–H groups in total. The summed E-state index contributed by atoms with van der Waals surface area (Å²) >= 11 is 1.69. The molecular weight excluding hydrogens is 224 g/mol. The number of hydrogen-bond donors (Lipinski definition) is 3. The molecule has 1 heterocycles. The van der Waals surface area contributed by atoms with Gasteiger partial charge in [0.2, 0.25) is 0 Å². The first-order valence-electron chi connectivity index (χ1n) is 5.32. The summed E-state index contributed by atoms with van der Waals surface area (Å²) in [5, 5.41) is 16.3. The summed E-state index contributed by atoms with van der Waals surface area (Å²) in [7, 11) is 0. The normalized spacial score (nSPS) is 14.2. The van der Waals surface area contributed by atoms with Crippen LogP contribution in [0.5, 0.6) is 0 Å². The van der Waals surface area contributed by atoms with Gasteiger partial charge in [-0.2, -0.15) is 0 Å². The fourth-order valence-corrected chi connectivity index (χ4v) is 2.15. The van der Waals surface area contributed by atoms with E-state index in [0.29, 0.717) is 0 Å². The van der Waals surface area contributed by atoms with Crippen molar-refractivity contribution < 1.29 is 9.90 Å². The number of rotatable bonds is 5. The molecule has 2 unspecified atom stereocenters. The Kier molecular flexibility index (Phi) is 5.28. The molecule has 0 aliphatic heterocycles. The van der Waals surface area contributed by atoms with Gasteiger partial charge in [-0.3, -0.25) is 0 Å². The maximum absolute atomic E-state index is 11.4. The van der Waals surface area contributed by atoms with Crippen LogP contribution >= 0.6 is 11.3 Å². The van der Waals surface area contributed by atoms with Gasteiger partial charge >= 0.3 is 6.03 Å². The molecule has 0 aliphatic rings. The molecule has 0 saturated heterocycles. The van der Waals surface area contributed by atoms with E-state index in [1.807, 2.05) is 18.4 Å². The van der Waals surface area contributed by atoms with Gasteiger partial charge in [0.05, 0.1) is 12.6 Å². The SMILES string of the molecule is CC(CO)NC(=O)NC(C)Cc1cccs1. The Hall–Kier alpha value is -1.07. The van der Waals surface area contributed by atoms with E-state index in [1.54, 1.807) is 18.3 Å². The number of carbonyl (C=O) groups excluding carboxylic acids is 1. The van der Waals surface area contributed by atoms with Crippen LogP contribution in [0.25, 0.3) is 0 Å². The van der Waals surface area contributed by atoms with Gasteiger partial charge in [0, 0.05) is 17.3 Å². The molecule has 1 rings (SSSR count). The van der Waals surface area contributed by atoms with Crippen LogP contribution in [0.15, 0.2) is 17.5 Å². The molecule has 4 nitrogen and oxygen atoms in total. The number of aliphatic hydroxyl groups is 1. The number of carbonyl (C=O) groups is 1. The molecule has 0 aromatic carbocycles. The van der Waals surface area contributed by atoms with Gasteiger partial charge in [-0.05, 0) is 25.3 Å². The zero-order chi connectivity index (χ0) is 12.0. The first-order chi connectivity index (χ1) is 7.61. The van der Waals surface area contributed by atoms with Gasteiger partial charge in [0.1, 0.15) is 0 Å². The molecule has 90 valence electrons. The predicted octanol–water partition coefficient (Wildman–Crippen LogP) is 1.36. The lowest BCUT2D eigenvalue weighted by molar-refractivity contribution is 0.218. The maximum atomic E-state index is 11.4. The van der Waals surface area contributed by atoms with Crippen LogP contribution in [0, 0.1) is 0 Å². The largest absolute Gasteiger partial charge is 0.394 e. The van der Waals surface area contributed by atoms with Crippen molar-refractivity contribution in [2.75, 3.05) is 6.61 Å². The minimum Gasteiger partial charge on any atom is -0.394 e. The van der Waals surface area contributed by atoms with Crippen molar-refractivity contribution in [3.05, 3.63) is 22.4 Å².